The zero-order valence-electron chi connectivity index (χ0n) is 15.9. The van der Waals surface area contributed by atoms with E-state index >= 15 is 0 Å². The molecule has 2 aliphatic heterocycles. The first-order valence-corrected chi connectivity index (χ1v) is 9.46. The minimum absolute atomic E-state index is 0.120. The maximum Gasteiger partial charge on any atom is 0.291 e. The highest BCUT2D eigenvalue weighted by Gasteiger charge is 2.37. The molecule has 1 fully saturated rings. The van der Waals surface area contributed by atoms with E-state index in [1.807, 2.05) is 25.1 Å². The van der Waals surface area contributed by atoms with Crippen molar-refractivity contribution in [1.29, 1.82) is 0 Å². The Labute approximate surface area is 158 Å². The van der Waals surface area contributed by atoms with Crippen LogP contribution >= 0.6 is 0 Å². The molecule has 1 amide bonds. The first kappa shape index (κ1) is 17.8. The fourth-order valence-electron chi connectivity index (χ4n) is 4.10. The minimum atomic E-state index is -0.194. The Balaban J connectivity index is 1.50. The molecule has 0 spiro atoms. The number of oxazole rings is 1. The van der Waals surface area contributed by atoms with Gasteiger partial charge in [0.05, 0.1) is 11.3 Å². The average molecular weight is 368 g/mol. The van der Waals surface area contributed by atoms with Gasteiger partial charge in [-0.05, 0) is 38.8 Å². The van der Waals surface area contributed by atoms with Gasteiger partial charge in [-0.1, -0.05) is 11.6 Å². The summed E-state index contributed by atoms with van der Waals surface area (Å²) >= 11 is 0. The molecule has 0 bridgehead atoms. The summed E-state index contributed by atoms with van der Waals surface area (Å²) in [5.41, 5.74) is 2.34. The molecule has 2 aliphatic rings. The average Bonchev–Trinajstić information content (AvgIpc) is 3.00. The largest absolute Gasteiger partial charge is 0.489 e. The highest BCUT2D eigenvalue weighted by molar-refractivity contribution is 6.00. The second kappa shape index (κ2) is 6.83. The van der Waals surface area contributed by atoms with Crippen LogP contribution in [0.5, 0.6) is 5.75 Å². The van der Waals surface area contributed by atoms with Crippen LogP contribution < -0.4 is 4.74 Å². The Morgan fingerprint density at radius 2 is 2.07 bits per heavy atom. The summed E-state index contributed by atoms with van der Waals surface area (Å²) in [5.74, 6) is 1.59. The molecule has 6 nitrogen and oxygen atoms in total. The number of amides is 1. The summed E-state index contributed by atoms with van der Waals surface area (Å²) in [6, 6.07) is 5.72. The minimum Gasteiger partial charge on any atom is -0.489 e. The number of Topliss-reactive ketones (excluding diaryl/α,β-unsaturated/α-hetero) is 1. The van der Waals surface area contributed by atoms with E-state index < -0.39 is 0 Å². The molecule has 2 unspecified atom stereocenters. The third-order valence-corrected chi connectivity index (χ3v) is 5.47. The lowest BCUT2D eigenvalue weighted by Gasteiger charge is -2.38. The predicted molar refractivity (Wildman–Crippen MR) is 99.1 cm³/mol. The van der Waals surface area contributed by atoms with Crippen molar-refractivity contribution in [1.82, 2.24) is 9.88 Å². The number of benzene rings is 1. The molecule has 1 aromatic heterocycles. The summed E-state index contributed by atoms with van der Waals surface area (Å²) < 4.78 is 11.7. The third-order valence-electron chi connectivity index (χ3n) is 5.47. The number of rotatable bonds is 2. The van der Waals surface area contributed by atoms with Gasteiger partial charge in [0.1, 0.15) is 11.9 Å². The maximum absolute atomic E-state index is 12.8. The Morgan fingerprint density at radius 1 is 1.26 bits per heavy atom. The van der Waals surface area contributed by atoms with Crippen molar-refractivity contribution in [2.24, 2.45) is 5.92 Å². The van der Waals surface area contributed by atoms with Crippen LogP contribution in [0.4, 0.5) is 0 Å². The van der Waals surface area contributed by atoms with Gasteiger partial charge in [0.15, 0.2) is 11.7 Å². The van der Waals surface area contributed by atoms with Crippen LogP contribution in [0.3, 0.4) is 0 Å². The van der Waals surface area contributed by atoms with Crippen LogP contribution in [0.2, 0.25) is 0 Å². The van der Waals surface area contributed by atoms with Gasteiger partial charge in [0, 0.05) is 32.4 Å². The van der Waals surface area contributed by atoms with E-state index in [2.05, 4.69) is 4.98 Å². The molecule has 142 valence electrons. The van der Waals surface area contributed by atoms with E-state index in [-0.39, 0.29) is 23.7 Å². The molecule has 2 atom stereocenters. The Bertz CT molecular complexity index is 902. The molecule has 2 aromatic rings. The van der Waals surface area contributed by atoms with Gasteiger partial charge in [-0.15, -0.1) is 0 Å². The van der Waals surface area contributed by atoms with E-state index in [4.69, 9.17) is 9.15 Å². The number of likely N-dealkylation sites (tertiary alicyclic amines) is 1. The molecule has 0 N–H and O–H groups in total. The summed E-state index contributed by atoms with van der Waals surface area (Å²) in [6.45, 7) is 6.75. The van der Waals surface area contributed by atoms with Crippen molar-refractivity contribution in [3.05, 3.63) is 46.7 Å². The zero-order valence-corrected chi connectivity index (χ0v) is 15.9. The van der Waals surface area contributed by atoms with Gasteiger partial charge >= 0.3 is 0 Å². The molecule has 27 heavy (non-hydrogen) atoms. The number of hydrogen-bond acceptors (Lipinski definition) is 5. The second-order valence-corrected chi connectivity index (χ2v) is 7.58. The van der Waals surface area contributed by atoms with Crippen molar-refractivity contribution < 1.29 is 18.7 Å². The molecule has 1 aromatic carbocycles. The number of fused-ring (bicyclic) bond motifs is 1. The van der Waals surface area contributed by atoms with E-state index in [9.17, 15) is 9.59 Å². The summed E-state index contributed by atoms with van der Waals surface area (Å²) in [6.07, 6.45) is 2.00. The normalized spacial score (nSPS) is 22.3. The molecular formula is C21H24N2O4. The van der Waals surface area contributed by atoms with Gasteiger partial charge in [-0.25, -0.2) is 4.98 Å². The zero-order chi connectivity index (χ0) is 19.1. The number of ether oxygens (including phenoxy) is 1. The number of ketones is 1. The molecular weight excluding hydrogens is 344 g/mol. The standard InChI is InChI=1S/C21H24N2O4/c1-12-6-7-18-16(9-12)17(24)10-19(27-18)15-5-4-8-23(11-15)21(25)20-13(2)22-14(3)26-20/h6-7,9,15,19H,4-5,8,10-11H2,1-3H3. The van der Waals surface area contributed by atoms with E-state index in [1.165, 1.54) is 0 Å². The molecule has 4 rings (SSSR count). The highest BCUT2D eigenvalue weighted by Crippen LogP contribution is 2.34. The van der Waals surface area contributed by atoms with Crippen LogP contribution in [0.1, 0.15) is 57.3 Å². The first-order valence-electron chi connectivity index (χ1n) is 9.46. The SMILES string of the molecule is Cc1ccc2c(c1)C(=O)CC(C1CCCN(C(=O)c3oc(C)nc3C)C1)O2. The summed E-state index contributed by atoms with van der Waals surface area (Å²) in [4.78, 5) is 31.4. The third kappa shape index (κ3) is 3.36. The first-order chi connectivity index (χ1) is 12.9. The van der Waals surface area contributed by atoms with Gasteiger partial charge < -0.3 is 14.1 Å². The van der Waals surface area contributed by atoms with E-state index in [1.54, 1.807) is 18.7 Å². The Kier molecular flexibility index (Phi) is 4.50. The summed E-state index contributed by atoms with van der Waals surface area (Å²) in [5, 5.41) is 0. The van der Waals surface area contributed by atoms with Gasteiger partial charge in [0.2, 0.25) is 5.76 Å². The number of nitrogens with zero attached hydrogens (tertiary/aromatic N) is 2. The fraction of sp³-hybridized carbons (Fsp3) is 0.476. The van der Waals surface area contributed by atoms with E-state index in [0.717, 1.165) is 18.4 Å². The molecule has 0 radical (unpaired) electrons. The van der Waals surface area contributed by atoms with Crippen molar-refractivity contribution in [2.75, 3.05) is 13.1 Å². The lowest BCUT2D eigenvalue weighted by molar-refractivity contribution is 0.0390. The molecule has 0 saturated carbocycles. The number of aromatic nitrogens is 1. The lowest BCUT2D eigenvalue weighted by Crippen LogP contribution is -2.46. The number of carbonyl (C=O) groups is 2. The van der Waals surface area contributed by atoms with Crippen LogP contribution in [-0.2, 0) is 0 Å². The highest BCUT2D eigenvalue weighted by atomic mass is 16.5. The fourth-order valence-corrected chi connectivity index (χ4v) is 4.10. The number of piperidine rings is 1. The molecule has 3 heterocycles. The van der Waals surface area contributed by atoms with Crippen LogP contribution in [0.25, 0.3) is 0 Å². The molecule has 0 aliphatic carbocycles. The van der Waals surface area contributed by atoms with Crippen LogP contribution in [0, 0.1) is 26.7 Å². The summed E-state index contributed by atoms with van der Waals surface area (Å²) in [7, 11) is 0. The van der Waals surface area contributed by atoms with Gasteiger partial charge in [-0.2, -0.15) is 0 Å². The van der Waals surface area contributed by atoms with Crippen molar-refractivity contribution >= 4 is 11.7 Å². The van der Waals surface area contributed by atoms with Crippen LogP contribution in [0.15, 0.2) is 22.6 Å². The van der Waals surface area contributed by atoms with Crippen molar-refractivity contribution in [2.45, 2.75) is 46.1 Å². The number of aryl methyl sites for hydroxylation is 3. The lowest BCUT2D eigenvalue weighted by atomic mass is 9.86. The predicted octanol–water partition coefficient (Wildman–Crippen LogP) is 3.49. The topological polar surface area (TPSA) is 72.6 Å². The Morgan fingerprint density at radius 3 is 2.81 bits per heavy atom. The van der Waals surface area contributed by atoms with E-state index in [0.29, 0.717) is 48.2 Å². The number of carbonyl (C=O) groups excluding carboxylic acids is 2. The van der Waals surface area contributed by atoms with Gasteiger partial charge in [-0.3, -0.25) is 9.59 Å². The quantitative estimate of drug-likeness (QED) is 0.811. The molecule has 6 heteroatoms. The smallest absolute Gasteiger partial charge is 0.291 e. The van der Waals surface area contributed by atoms with Gasteiger partial charge in [0.25, 0.3) is 5.91 Å². The second-order valence-electron chi connectivity index (χ2n) is 7.58. The van der Waals surface area contributed by atoms with Crippen molar-refractivity contribution in [3.63, 3.8) is 0 Å². The van der Waals surface area contributed by atoms with Crippen molar-refractivity contribution in [3.8, 4) is 5.75 Å². The number of hydrogen-bond donors (Lipinski definition) is 0. The maximum atomic E-state index is 12.8. The Hall–Kier alpha value is -2.63. The monoisotopic (exact) mass is 368 g/mol. The van der Waals surface area contributed by atoms with Crippen LogP contribution in [-0.4, -0.2) is 40.8 Å². The molecule has 1 saturated heterocycles.